The Morgan fingerprint density at radius 1 is 1.17 bits per heavy atom. The van der Waals surface area contributed by atoms with E-state index in [0.717, 1.165) is 49.6 Å². The van der Waals surface area contributed by atoms with E-state index >= 15 is 0 Å². The summed E-state index contributed by atoms with van der Waals surface area (Å²) < 4.78 is 1.66. The van der Waals surface area contributed by atoms with Gasteiger partial charge in [-0.1, -0.05) is 31.4 Å². The Bertz CT molecular complexity index is 863. The molecule has 24 heavy (non-hydrogen) atoms. The average molecular weight is 326 g/mol. The van der Waals surface area contributed by atoms with E-state index in [1.165, 1.54) is 6.42 Å². The molecule has 1 aliphatic carbocycles. The van der Waals surface area contributed by atoms with Gasteiger partial charge in [-0.05, 0) is 37.3 Å². The maximum atomic E-state index is 12.8. The molecule has 1 aromatic carbocycles. The molecule has 2 aromatic rings. The lowest BCUT2D eigenvalue weighted by molar-refractivity contribution is 0.0923. The predicted octanol–water partition coefficient (Wildman–Crippen LogP) is 2.72. The standard InChI is InChI=1S/C19H22N2O3/c22-17-14-10-4-6-12-7-5-11-21(16(12)14)19(24)15(17)18(23)20-13-8-2-1-3-9-13/h4,6,10,13,22H,1-3,5,7-9,11H2,(H,20,23). The molecule has 1 aromatic heterocycles. The fourth-order valence-corrected chi connectivity index (χ4v) is 4.13. The topological polar surface area (TPSA) is 71.3 Å². The van der Waals surface area contributed by atoms with E-state index < -0.39 is 5.91 Å². The highest BCUT2D eigenvalue weighted by Crippen LogP contribution is 2.31. The zero-order chi connectivity index (χ0) is 16.7. The van der Waals surface area contributed by atoms with Crippen molar-refractivity contribution >= 4 is 16.8 Å². The molecule has 1 aliphatic heterocycles. The molecule has 0 saturated heterocycles. The molecule has 126 valence electrons. The first-order valence-corrected chi connectivity index (χ1v) is 8.85. The summed E-state index contributed by atoms with van der Waals surface area (Å²) in [5, 5.41) is 14.2. The summed E-state index contributed by atoms with van der Waals surface area (Å²) >= 11 is 0. The van der Waals surface area contributed by atoms with Gasteiger partial charge in [-0.3, -0.25) is 9.59 Å². The lowest BCUT2D eigenvalue weighted by atomic mass is 9.95. The zero-order valence-corrected chi connectivity index (χ0v) is 13.7. The molecule has 0 unspecified atom stereocenters. The molecule has 2 N–H and O–H groups in total. The second kappa shape index (κ2) is 5.96. The van der Waals surface area contributed by atoms with Crippen LogP contribution < -0.4 is 10.9 Å². The molecule has 0 radical (unpaired) electrons. The van der Waals surface area contributed by atoms with Crippen molar-refractivity contribution in [1.29, 1.82) is 0 Å². The van der Waals surface area contributed by atoms with Crippen LogP contribution in [-0.4, -0.2) is 21.6 Å². The molecule has 1 saturated carbocycles. The van der Waals surface area contributed by atoms with E-state index in [0.29, 0.717) is 11.9 Å². The molecule has 4 rings (SSSR count). The van der Waals surface area contributed by atoms with Crippen LogP contribution in [0.3, 0.4) is 0 Å². The number of para-hydroxylation sites is 1. The van der Waals surface area contributed by atoms with Crippen LogP contribution in [0, 0.1) is 0 Å². The molecule has 0 bridgehead atoms. The molecule has 0 spiro atoms. The number of aromatic hydroxyl groups is 1. The third kappa shape index (κ3) is 2.39. The van der Waals surface area contributed by atoms with Crippen LogP contribution in [0.15, 0.2) is 23.0 Å². The zero-order valence-electron chi connectivity index (χ0n) is 13.7. The molecule has 1 amide bonds. The molecule has 5 heteroatoms. The molecule has 0 atom stereocenters. The van der Waals surface area contributed by atoms with Crippen molar-refractivity contribution in [3.8, 4) is 5.75 Å². The van der Waals surface area contributed by atoms with Crippen molar-refractivity contribution in [2.45, 2.75) is 57.5 Å². The first-order valence-electron chi connectivity index (χ1n) is 8.85. The van der Waals surface area contributed by atoms with Gasteiger partial charge >= 0.3 is 0 Å². The second-order valence-electron chi connectivity index (χ2n) is 6.91. The summed E-state index contributed by atoms with van der Waals surface area (Å²) in [4.78, 5) is 25.5. The highest BCUT2D eigenvalue weighted by Gasteiger charge is 2.26. The number of carbonyl (C=O) groups is 1. The van der Waals surface area contributed by atoms with Gasteiger partial charge in [-0.15, -0.1) is 0 Å². The van der Waals surface area contributed by atoms with Crippen LogP contribution in [-0.2, 0) is 13.0 Å². The van der Waals surface area contributed by atoms with E-state index in [9.17, 15) is 14.7 Å². The molecule has 5 nitrogen and oxygen atoms in total. The van der Waals surface area contributed by atoms with Crippen LogP contribution >= 0.6 is 0 Å². The van der Waals surface area contributed by atoms with E-state index in [1.807, 2.05) is 12.1 Å². The van der Waals surface area contributed by atoms with Crippen LogP contribution in [0.2, 0.25) is 0 Å². The van der Waals surface area contributed by atoms with Gasteiger partial charge in [0.25, 0.3) is 11.5 Å². The number of hydrogen-bond donors (Lipinski definition) is 2. The number of benzene rings is 1. The third-order valence-corrected chi connectivity index (χ3v) is 5.34. The Kier molecular flexibility index (Phi) is 3.79. The summed E-state index contributed by atoms with van der Waals surface area (Å²) in [5.74, 6) is -0.616. The number of nitrogens with one attached hydrogen (secondary N) is 1. The van der Waals surface area contributed by atoms with Crippen molar-refractivity contribution in [1.82, 2.24) is 9.88 Å². The normalized spacial score (nSPS) is 17.8. The third-order valence-electron chi connectivity index (χ3n) is 5.34. The number of carbonyl (C=O) groups excluding carboxylic acids is 1. The minimum absolute atomic E-state index is 0.105. The minimum atomic E-state index is -0.439. The van der Waals surface area contributed by atoms with Gasteiger partial charge in [-0.2, -0.15) is 0 Å². The molecule has 1 fully saturated rings. The first-order chi connectivity index (χ1) is 11.7. The molecular formula is C19H22N2O3. The van der Waals surface area contributed by atoms with Crippen LogP contribution in [0.4, 0.5) is 0 Å². The van der Waals surface area contributed by atoms with Gasteiger partial charge in [0.15, 0.2) is 0 Å². The lowest BCUT2D eigenvalue weighted by Gasteiger charge is -2.24. The maximum absolute atomic E-state index is 12.8. The Morgan fingerprint density at radius 3 is 2.75 bits per heavy atom. The number of aryl methyl sites for hydroxylation is 2. The van der Waals surface area contributed by atoms with Crippen molar-refractivity contribution in [3.05, 3.63) is 39.7 Å². The lowest BCUT2D eigenvalue weighted by Crippen LogP contribution is -2.40. The fraction of sp³-hybridized carbons (Fsp3) is 0.474. The summed E-state index contributed by atoms with van der Waals surface area (Å²) in [5.41, 5.74) is 1.36. The minimum Gasteiger partial charge on any atom is -0.506 e. The largest absolute Gasteiger partial charge is 0.506 e. The van der Waals surface area contributed by atoms with Gasteiger partial charge < -0.3 is 15.0 Å². The first kappa shape index (κ1) is 15.2. The van der Waals surface area contributed by atoms with Gasteiger partial charge in [-0.25, -0.2) is 0 Å². The monoisotopic (exact) mass is 326 g/mol. The fourth-order valence-electron chi connectivity index (χ4n) is 4.13. The number of aromatic nitrogens is 1. The van der Waals surface area contributed by atoms with Crippen LogP contribution in [0.25, 0.3) is 10.9 Å². The van der Waals surface area contributed by atoms with E-state index in [1.54, 1.807) is 10.6 Å². The smallest absolute Gasteiger partial charge is 0.267 e. The van der Waals surface area contributed by atoms with E-state index in [2.05, 4.69) is 5.32 Å². The van der Waals surface area contributed by atoms with Gasteiger partial charge in [0.05, 0.1) is 5.52 Å². The van der Waals surface area contributed by atoms with Crippen molar-refractivity contribution in [2.75, 3.05) is 0 Å². The Labute approximate surface area is 140 Å². The van der Waals surface area contributed by atoms with Gasteiger partial charge in [0.1, 0.15) is 11.3 Å². The maximum Gasteiger partial charge on any atom is 0.267 e. The van der Waals surface area contributed by atoms with Crippen molar-refractivity contribution in [3.63, 3.8) is 0 Å². The van der Waals surface area contributed by atoms with E-state index in [-0.39, 0.29) is 22.9 Å². The summed E-state index contributed by atoms with van der Waals surface area (Å²) in [6.07, 6.45) is 7.05. The Morgan fingerprint density at radius 2 is 1.96 bits per heavy atom. The van der Waals surface area contributed by atoms with Gasteiger partial charge in [0, 0.05) is 18.0 Å². The Hall–Kier alpha value is -2.30. The number of rotatable bonds is 2. The van der Waals surface area contributed by atoms with Gasteiger partial charge in [0.2, 0.25) is 0 Å². The number of pyridine rings is 1. The quantitative estimate of drug-likeness (QED) is 0.891. The molecular weight excluding hydrogens is 304 g/mol. The number of hydrogen-bond acceptors (Lipinski definition) is 3. The van der Waals surface area contributed by atoms with Crippen molar-refractivity contribution < 1.29 is 9.90 Å². The molecule has 2 heterocycles. The van der Waals surface area contributed by atoms with Crippen LogP contribution in [0.5, 0.6) is 5.75 Å². The average Bonchev–Trinajstić information content (AvgIpc) is 2.60. The predicted molar refractivity (Wildman–Crippen MR) is 92.5 cm³/mol. The summed E-state index contributed by atoms with van der Waals surface area (Å²) in [6.45, 7) is 0.594. The number of amides is 1. The summed E-state index contributed by atoms with van der Waals surface area (Å²) in [7, 11) is 0. The SMILES string of the molecule is O=C(NC1CCCCC1)c1c(O)c2cccc3c2n(c1=O)CCC3. The number of nitrogens with zero attached hydrogens (tertiary/aromatic N) is 1. The Balaban J connectivity index is 1.81. The molecule has 2 aliphatic rings. The van der Waals surface area contributed by atoms with Crippen molar-refractivity contribution in [2.24, 2.45) is 0 Å². The second-order valence-corrected chi connectivity index (χ2v) is 6.91. The highest BCUT2D eigenvalue weighted by molar-refractivity contribution is 6.03. The van der Waals surface area contributed by atoms with Crippen LogP contribution in [0.1, 0.15) is 54.4 Å². The highest BCUT2D eigenvalue weighted by atomic mass is 16.3. The van der Waals surface area contributed by atoms with E-state index in [4.69, 9.17) is 0 Å². The summed E-state index contributed by atoms with van der Waals surface area (Å²) in [6, 6.07) is 5.75.